The SMILES string of the molecule is CCN1CCCC(NC(=O)Nc2cccc(CN)c2)C1. The first-order valence-corrected chi connectivity index (χ1v) is 7.30. The van der Waals surface area contributed by atoms with Crippen LogP contribution in [0.2, 0.25) is 0 Å². The molecule has 20 heavy (non-hydrogen) atoms. The molecule has 1 atom stereocenters. The van der Waals surface area contributed by atoms with E-state index in [1.165, 1.54) is 0 Å². The van der Waals surface area contributed by atoms with Crippen molar-refractivity contribution in [1.29, 1.82) is 0 Å². The van der Waals surface area contributed by atoms with Gasteiger partial charge in [0.25, 0.3) is 0 Å². The molecule has 0 saturated carbocycles. The van der Waals surface area contributed by atoms with Crippen molar-refractivity contribution in [2.24, 2.45) is 5.73 Å². The summed E-state index contributed by atoms with van der Waals surface area (Å²) in [7, 11) is 0. The lowest BCUT2D eigenvalue weighted by Gasteiger charge is -2.32. The molecule has 1 aromatic carbocycles. The molecule has 2 rings (SSSR count). The van der Waals surface area contributed by atoms with Gasteiger partial charge in [0.15, 0.2) is 0 Å². The predicted octanol–water partition coefficient (Wildman–Crippen LogP) is 1.75. The summed E-state index contributed by atoms with van der Waals surface area (Å²) < 4.78 is 0. The quantitative estimate of drug-likeness (QED) is 0.784. The lowest BCUT2D eigenvalue weighted by molar-refractivity contribution is 0.196. The molecule has 5 heteroatoms. The summed E-state index contributed by atoms with van der Waals surface area (Å²) in [5.41, 5.74) is 7.39. The molecule has 0 spiro atoms. The van der Waals surface area contributed by atoms with Gasteiger partial charge in [0, 0.05) is 24.8 Å². The average molecular weight is 276 g/mol. The van der Waals surface area contributed by atoms with Crippen LogP contribution < -0.4 is 16.4 Å². The number of benzene rings is 1. The maximum absolute atomic E-state index is 12.0. The number of likely N-dealkylation sites (tertiary alicyclic amines) is 1. The molecule has 1 saturated heterocycles. The van der Waals surface area contributed by atoms with Crippen LogP contribution in [-0.2, 0) is 6.54 Å². The zero-order valence-corrected chi connectivity index (χ0v) is 12.1. The van der Waals surface area contributed by atoms with E-state index in [2.05, 4.69) is 22.5 Å². The number of hydrogen-bond acceptors (Lipinski definition) is 3. The van der Waals surface area contributed by atoms with Crippen molar-refractivity contribution in [3.8, 4) is 0 Å². The van der Waals surface area contributed by atoms with Gasteiger partial charge in [-0.25, -0.2) is 4.79 Å². The van der Waals surface area contributed by atoms with Crippen LogP contribution >= 0.6 is 0 Å². The summed E-state index contributed by atoms with van der Waals surface area (Å²) in [4.78, 5) is 14.4. The highest BCUT2D eigenvalue weighted by atomic mass is 16.2. The van der Waals surface area contributed by atoms with Gasteiger partial charge in [-0.1, -0.05) is 19.1 Å². The molecule has 1 unspecified atom stereocenters. The van der Waals surface area contributed by atoms with E-state index in [1.54, 1.807) is 0 Å². The molecule has 110 valence electrons. The Kier molecular flexibility index (Phi) is 5.38. The van der Waals surface area contributed by atoms with Crippen LogP contribution in [0, 0.1) is 0 Å². The molecule has 4 N–H and O–H groups in total. The van der Waals surface area contributed by atoms with Crippen molar-refractivity contribution >= 4 is 11.7 Å². The zero-order chi connectivity index (χ0) is 14.4. The standard InChI is InChI=1S/C15H24N4O/c1-2-19-8-4-7-14(11-19)18-15(20)17-13-6-3-5-12(9-13)10-16/h3,5-6,9,14H,2,4,7-8,10-11,16H2,1H3,(H2,17,18,20). The second-order valence-corrected chi connectivity index (χ2v) is 5.24. The van der Waals surface area contributed by atoms with Crippen molar-refractivity contribution in [2.45, 2.75) is 32.4 Å². The Morgan fingerprint density at radius 2 is 2.35 bits per heavy atom. The van der Waals surface area contributed by atoms with Crippen LogP contribution in [0.4, 0.5) is 10.5 Å². The van der Waals surface area contributed by atoms with Crippen molar-refractivity contribution < 1.29 is 4.79 Å². The monoisotopic (exact) mass is 276 g/mol. The first kappa shape index (κ1) is 14.8. The van der Waals surface area contributed by atoms with E-state index >= 15 is 0 Å². The number of piperidine rings is 1. The maximum atomic E-state index is 12.0. The second kappa shape index (κ2) is 7.26. The normalized spacial score (nSPS) is 19.6. The van der Waals surface area contributed by atoms with Crippen LogP contribution in [0.1, 0.15) is 25.3 Å². The Hall–Kier alpha value is -1.59. The summed E-state index contributed by atoms with van der Waals surface area (Å²) in [6, 6.07) is 7.72. The molecule has 1 heterocycles. The molecular formula is C15H24N4O. The topological polar surface area (TPSA) is 70.4 Å². The molecule has 1 fully saturated rings. The number of nitrogens with two attached hydrogens (primary N) is 1. The number of hydrogen-bond donors (Lipinski definition) is 3. The summed E-state index contributed by atoms with van der Waals surface area (Å²) in [5, 5.41) is 5.92. The lowest BCUT2D eigenvalue weighted by atomic mass is 10.1. The number of anilines is 1. The minimum absolute atomic E-state index is 0.137. The maximum Gasteiger partial charge on any atom is 0.319 e. The third kappa shape index (κ3) is 4.21. The minimum atomic E-state index is -0.137. The Balaban J connectivity index is 1.85. The Labute approximate surface area is 120 Å². The van der Waals surface area contributed by atoms with Gasteiger partial charge in [-0.3, -0.25) is 0 Å². The largest absolute Gasteiger partial charge is 0.334 e. The molecule has 2 amide bonds. The first-order chi connectivity index (χ1) is 9.71. The minimum Gasteiger partial charge on any atom is -0.334 e. The summed E-state index contributed by atoms with van der Waals surface area (Å²) in [6.45, 7) is 5.74. The van der Waals surface area contributed by atoms with Crippen LogP contribution in [0.3, 0.4) is 0 Å². The van der Waals surface area contributed by atoms with Gasteiger partial charge < -0.3 is 21.3 Å². The molecular weight excluding hydrogens is 252 g/mol. The third-order valence-electron chi connectivity index (χ3n) is 3.71. The molecule has 0 radical (unpaired) electrons. The summed E-state index contributed by atoms with van der Waals surface area (Å²) in [5.74, 6) is 0. The van der Waals surface area contributed by atoms with E-state index in [0.29, 0.717) is 6.54 Å². The van der Waals surface area contributed by atoms with Gasteiger partial charge in [0.1, 0.15) is 0 Å². The molecule has 1 aliphatic heterocycles. The second-order valence-electron chi connectivity index (χ2n) is 5.24. The van der Waals surface area contributed by atoms with Gasteiger partial charge >= 0.3 is 6.03 Å². The molecule has 1 aromatic rings. The lowest BCUT2D eigenvalue weighted by Crippen LogP contribution is -2.48. The Morgan fingerprint density at radius 3 is 3.10 bits per heavy atom. The van der Waals surface area contributed by atoms with Gasteiger partial charge in [0.2, 0.25) is 0 Å². The van der Waals surface area contributed by atoms with Gasteiger partial charge in [0.05, 0.1) is 0 Å². The first-order valence-electron chi connectivity index (χ1n) is 7.30. The predicted molar refractivity (Wildman–Crippen MR) is 81.6 cm³/mol. The fourth-order valence-electron chi connectivity index (χ4n) is 2.59. The van der Waals surface area contributed by atoms with Crippen molar-refractivity contribution in [2.75, 3.05) is 25.0 Å². The van der Waals surface area contributed by atoms with Crippen molar-refractivity contribution in [3.05, 3.63) is 29.8 Å². The Morgan fingerprint density at radius 1 is 1.50 bits per heavy atom. The van der Waals surface area contributed by atoms with E-state index in [0.717, 1.165) is 43.7 Å². The molecule has 1 aliphatic rings. The fraction of sp³-hybridized carbons (Fsp3) is 0.533. The third-order valence-corrected chi connectivity index (χ3v) is 3.71. The number of amides is 2. The summed E-state index contributed by atoms with van der Waals surface area (Å²) >= 11 is 0. The van der Waals surface area contributed by atoms with E-state index in [9.17, 15) is 4.79 Å². The number of urea groups is 1. The number of carbonyl (C=O) groups excluding carboxylic acids is 1. The molecule has 0 aromatic heterocycles. The van der Waals surface area contributed by atoms with Crippen molar-refractivity contribution in [1.82, 2.24) is 10.2 Å². The zero-order valence-electron chi connectivity index (χ0n) is 12.1. The molecule has 0 aliphatic carbocycles. The van der Waals surface area contributed by atoms with Crippen LogP contribution in [0.25, 0.3) is 0 Å². The smallest absolute Gasteiger partial charge is 0.319 e. The number of likely N-dealkylation sites (N-methyl/N-ethyl adjacent to an activating group) is 1. The number of carbonyl (C=O) groups is 1. The van der Waals surface area contributed by atoms with E-state index < -0.39 is 0 Å². The van der Waals surface area contributed by atoms with E-state index in [4.69, 9.17) is 5.73 Å². The van der Waals surface area contributed by atoms with Crippen LogP contribution in [0.15, 0.2) is 24.3 Å². The number of rotatable bonds is 4. The van der Waals surface area contributed by atoms with Gasteiger partial charge in [-0.2, -0.15) is 0 Å². The van der Waals surface area contributed by atoms with E-state index in [-0.39, 0.29) is 12.1 Å². The average Bonchev–Trinajstić information content (AvgIpc) is 2.47. The summed E-state index contributed by atoms with van der Waals surface area (Å²) in [6.07, 6.45) is 2.19. The molecule has 0 bridgehead atoms. The highest BCUT2D eigenvalue weighted by Gasteiger charge is 2.20. The number of nitrogens with one attached hydrogen (secondary N) is 2. The molecule has 5 nitrogen and oxygen atoms in total. The highest BCUT2D eigenvalue weighted by Crippen LogP contribution is 2.12. The highest BCUT2D eigenvalue weighted by molar-refractivity contribution is 5.89. The van der Waals surface area contributed by atoms with Gasteiger partial charge in [-0.15, -0.1) is 0 Å². The van der Waals surface area contributed by atoms with E-state index in [1.807, 2.05) is 24.3 Å². The van der Waals surface area contributed by atoms with Crippen LogP contribution in [0.5, 0.6) is 0 Å². The Bertz CT molecular complexity index is 449. The van der Waals surface area contributed by atoms with Crippen LogP contribution in [-0.4, -0.2) is 36.6 Å². The fourth-order valence-corrected chi connectivity index (χ4v) is 2.59. The van der Waals surface area contributed by atoms with Gasteiger partial charge in [-0.05, 0) is 43.6 Å². The number of nitrogens with zero attached hydrogens (tertiary/aromatic N) is 1. The van der Waals surface area contributed by atoms with Crippen molar-refractivity contribution in [3.63, 3.8) is 0 Å².